The normalized spacial score (nSPS) is 9.57. The van der Waals surface area contributed by atoms with Crippen molar-refractivity contribution in [1.82, 2.24) is 4.98 Å². The molecule has 3 nitrogen and oxygen atoms in total. The Balaban J connectivity index is 0.00000161. The smallest absolute Gasteiger partial charge is 0.0730 e. The number of pyridine rings is 1. The third-order valence-electron chi connectivity index (χ3n) is 3.61. The molecule has 116 valence electrons. The van der Waals surface area contributed by atoms with Crippen LogP contribution in [0.4, 0.5) is 11.4 Å². The van der Waals surface area contributed by atoms with E-state index in [2.05, 4.69) is 52.3 Å². The Kier molecular flexibility index (Phi) is 8.23. The summed E-state index contributed by atoms with van der Waals surface area (Å²) in [6.07, 6.45) is 0. The Morgan fingerprint density at radius 3 is 1.43 bits per heavy atom. The van der Waals surface area contributed by atoms with Gasteiger partial charge in [0.2, 0.25) is 0 Å². The molecule has 0 aliphatic heterocycles. The number of fused-ring (bicyclic) bond motifs is 2. The summed E-state index contributed by atoms with van der Waals surface area (Å²) < 4.78 is 0. The minimum Gasteiger partial charge on any atom is -0.378 e. The number of nitrogens with zero attached hydrogens (tertiary/aromatic N) is 3. The molecule has 0 saturated carbocycles. The van der Waals surface area contributed by atoms with Crippen molar-refractivity contribution in [2.45, 2.75) is 0 Å². The number of benzene rings is 2. The fourth-order valence-electron chi connectivity index (χ4n) is 2.36. The third-order valence-corrected chi connectivity index (χ3v) is 3.61. The summed E-state index contributed by atoms with van der Waals surface area (Å²) in [5.41, 5.74) is 4.43. The molecular weight excluding hydrogens is 358 g/mol. The van der Waals surface area contributed by atoms with E-state index in [1.165, 1.54) is 22.1 Å². The SMILES string of the molecule is CN(C)c1ccc2cc3ccc(N(C)C)cc3nc2c1.[B].[CH3-].[Y]. The second-order valence-corrected chi connectivity index (χ2v) is 5.53. The van der Waals surface area contributed by atoms with E-state index in [-0.39, 0.29) is 48.5 Å². The molecule has 4 radical (unpaired) electrons. The summed E-state index contributed by atoms with van der Waals surface area (Å²) in [6.45, 7) is 0. The van der Waals surface area contributed by atoms with Crippen LogP contribution in [0.15, 0.2) is 42.5 Å². The van der Waals surface area contributed by atoms with Gasteiger partial charge in [0.15, 0.2) is 0 Å². The van der Waals surface area contributed by atoms with Gasteiger partial charge in [0.25, 0.3) is 0 Å². The van der Waals surface area contributed by atoms with Crippen molar-refractivity contribution in [3.05, 3.63) is 49.9 Å². The van der Waals surface area contributed by atoms with Crippen LogP contribution in [0.1, 0.15) is 0 Å². The Labute approximate surface area is 166 Å². The fraction of sp³-hybridized carbons (Fsp3) is 0.222. The summed E-state index contributed by atoms with van der Waals surface area (Å²) >= 11 is 0. The van der Waals surface area contributed by atoms with Gasteiger partial charge in [-0.3, -0.25) is 0 Å². The Hall–Kier alpha value is -1.12. The molecule has 0 N–H and O–H groups in total. The summed E-state index contributed by atoms with van der Waals surface area (Å²) in [5.74, 6) is 0. The van der Waals surface area contributed by atoms with Crippen LogP contribution in [-0.2, 0) is 32.7 Å². The van der Waals surface area contributed by atoms with E-state index < -0.39 is 0 Å². The van der Waals surface area contributed by atoms with Gasteiger partial charge in [0.05, 0.1) is 11.0 Å². The molecule has 0 unspecified atom stereocenters. The number of rotatable bonds is 2. The van der Waals surface area contributed by atoms with Gasteiger partial charge in [0.1, 0.15) is 0 Å². The predicted molar refractivity (Wildman–Crippen MR) is 100 cm³/mol. The van der Waals surface area contributed by atoms with Gasteiger partial charge in [0, 0.05) is 91.5 Å². The van der Waals surface area contributed by atoms with Gasteiger partial charge in [-0.25, -0.2) is 4.98 Å². The van der Waals surface area contributed by atoms with E-state index in [0.717, 1.165) is 11.0 Å². The standard InChI is InChI=1S/C17H19N3.CH3.B.Y/c1-19(2)14-7-5-12-9-13-6-8-15(20(3)4)11-17(13)18-16(12)10-14;;;/h5-11H,1-4H3;1H3;;/q;-1;;. The second-order valence-electron chi connectivity index (χ2n) is 5.53. The maximum Gasteiger partial charge on any atom is 0.0730 e. The molecule has 1 aromatic heterocycles. The van der Waals surface area contributed by atoms with Crippen LogP contribution >= 0.6 is 0 Å². The molecular formula is C18H22BN3Y-. The van der Waals surface area contributed by atoms with E-state index in [0.29, 0.717) is 0 Å². The molecule has 0 saturated heterocycles. The molecule has 0 atom stereocenters. The summed E-state index contributed by atoms with van der Waals surface area (Å²) in [6, 6.07) is 15.0. The summed E-state index contributed by atoms with van der Waals surface area (Å²) in [5, 5.41) is 2.36. The Morgan fingerprint density at radius 1 is 0.696 bits per heavy atom. The zero-order chi connectivity index (χ0) is 14.3. The van der Waals surface area contributed by atoms with Gasteiger partial charge < -0.3 is 17.2 Å². The molecule has 0 spiro atoms. The van der Waals surface area contributed by atoms with Gasteiger partial charge in [-0.15, -0.1) is 0 Å². The van der Waals surface area contributed by atoms with Crippen molar-refractivity contribution in [2.24, 2.45) is 0 Å². The third kappa shape index (κ3) is 4.45. The van der Waals surface area contributed by atoms with Crippen molar-refractivity contribution >= 4 is 41.6 Å². The van der Waals surface area contributed by atoms with Crippen molar-refractivity contribution in [3.63, 3.8) is 0 Å². The largest absolute Gasteiger partial charge is 0.378 e. The summed E-state index contributed by atoms with van der Waals surface area (Å²) in [4.78, 5) is 9.01. The number of anilines is 2. The first-order chi connectivity index (χ1) is 9.54. The molecule has 0 fully saturated rings. The fourth-order valence-corrected chi connectivity index (χ4v) is 2.36. The molecule has 2 aromatic carbocycles. The maximum atomic E-state index is 4.81. The monoisotopic (exact) mass is 380 g/mol. The van der Waals surface area contributed by atoms with Crippen molar-refractivity contribution < 1.29 is 32.7 Å². The molecule has 1 heterocycles. The molecule has 0 aliphatic rings. The van der Waals surface area contributed by atoms with Crippen LogP contribution < -0.4 is 9.80 Å². The second kappa shape index (κ2) is 8.65. The molecule has 5 heteroatoms. The average Bonchev–Trinajstić information content (AvgIpc) is 2.43. The molecule has 0 aliphatic carbocycles. The first kappa shape index (κ1) is 21.9. The minimum atomic E-state index is 0. The van der Waals surface area contributed by atoms with Crippen LogP contribution in [0.25, 0.3) is 21.8 Å². The van der Waals surface area contributed by atoms with Crippen LogP contribution in [0.2, 0.25) is 0 Å². The quantitative estimate of drug-likeness (QED) is 0.385. The maximum absolute atomic E-state index is 4.81. The molecule has 3 rings (SSSR count). The zero-order valence-electron chi connectivity index (χ0n) is 14.5. The average molecular weight is 380 g/mol. The first-order valence-electron chi connectivity index (χ1n) is 6.74. The van der Waals surface area contributed by atoms with E-state index in [1.807, 2.05) is 28.2 Å². The minimum absolute atomic E-state index is 0. The van der Waals surface area contributed by atoms with Crippen molar-refractivity contribution in [2.75, 3.05) is 38.0 Å². The van der Waals surface area contributed by atoms with Gasteiger partial charge in [-0.05, 0) is 30.3 Å². The first-order valence-corrected chi connectivity index (χ1v) is 6.74. The number of hydrogen-bond acceptors (Lipinski definition) is 3. The van der Waals surface area contributed by atoms with Crippen LogP contribution in [-0.4, -0.2) is 41.6 Å². The van der Waals surface area contributed by atoms with Crippen LogP contribution in [0.3, 0.4) is 0 Å². The van der Waals surface area contributed by atoms with Crippen LogP contribution in [0, 0.1) is 7.43 Å². The van der Waals surface area contributed by atoms with Crippen molar-refractivity contribution in [1.29, 1.82) is 0 Å². The number of hydrogen-bond donors (Lipinski definition) is 0. The molecule has 3 aromatic rings. The Morgan fingerprint density at radius 2 is 1.09 bits per heavy atom. The topological polar surface area (TPSA) is 19.4 Å². The van der Waals surface area contributed by atoms with Crippen LogP contribution in [0.5, 0.6) is 0 Å². The molecule has 23 heavy (non-hydrogen) atoms. The summed E-state index contributed by atoms with van der Waals surface area (Å²) in [7, 11) is 8.19. The van der Waals surface area contributed by atoms with Gasteiger partial charge in [-0.1, -0.05) is 12.1 Å². The number of aromatic nitrogens is 1. The van der Waals surface area contributed by atoms with E-state index >= 15 is 0 Å². The van der Waals surface area contributed by atoms with E-state index in [4.69, 9.17) is 4.98 Å². The molecule has 0 bridgehead atoms. The predicted octanol–water partition coefficient (Wildman–Crippen LogP) is 3.59. The van der Waals surface area contributed by atoms with Gasteiger partial charge >= 0.3 is 0 Å². The zero-order valence-corrected chi connectivity index (χ0v) is 17.4. The molecule has 0 amide bonds. The van der Waals surface area contributed by atoms with E-state index in [1.54, 1.807) is 0 Å². The van der Waals surface area contributed by atoms with Gasteiger partial charge in [-0.2, -0.15) is 0 Å². The Bertz CT molecular complexity index is 725. The van der Waals surface area contributed by atoms with Crippen molar-refractivity contribution in [3.8, 4) is 0 Å². The van der Waals surface area contributed by atoms with E-state index in [9.17, 15) is 0 Å².